The van der Waals surface area contributed by atoms with E-state index >= 15 is 0 Å². The first-order valence-electron chi connectivity index (χ1n) is 7.34. The Morgan fingerprint density at radius 2 is 1.64 bits per heavy atom. The highest BCUT2D eigenvalue weighted by atomic mass is 16.8. The highest BCUT2D eigenvalue weighted by Crippen LogP contribution is 2.35. The van der Waals surface area contributed by atoms with Crippen molar-refractivity contribution >= 4 is 0 Å². The Morgan fingerprint density at radius 3 is 2.27 bits per heavy atom. The third-order valence-electron chi connectivity index (χ3n) is 4.13. The lowest BCUT2D eigenvalue weighted by molar-refractivity contribution is -0.363. The predicted octanol–water partition coefficient (Wildman–Crippen LogP) is 1.50. The van der Waals surface area contributed by atoms with Gasteiger partial charge in [-0.05, 0) is 0 Å². The minimum atomic E-state index is -0.503. The highest BCUT2D eigenvalue weighted by molar-refractivity contribution is 5.16. The molecule has 0 aromatic heterocycles. The van der Waals surface area contributed by atoms with Gasteiger partial charge in [0.05, 0.1) is 6.61 Å². The summed E-state index contributed by atoms with van der Waals surface area (Å²) in [5, 5.41) is 0. The van der Waals surface area contributed by atoms with Gasteiger partial charge in [-0.3, -0.25) is 0 Å². The van der Waals surface area contributed by atoms with Crippen molar-refractivity contribution in [3.05, 3.63) is 35.9 Å². The van der Waals surface area contributed by atoms with E-state index in [0.717, 1.165) is 5.56 Å². The molecule has 6 nitrogen and oxygen atoms in total. The zero-order chi connectivity index (χ0) is 15.5. The number of benzene rings is 1. The maximum Gasteiger partial charge on any atom is 0.186 e. The third kappa shape index (κ3) is 2.90. The number of hydrogen-bond donors (Lipinski definition) is 0. The van der Waals surface area contributed by atoms with E-state index in [1.54, 1.807) is 21.3 Å². The van der Waals surface area contributed by atoms with Gasteiger partial charge in [-0.25, -0.2) is 0 Å². The van der Waals surface area contributed by atoms with Gasteiger partial charge in [-0.2, -0.15) is 0 Å². The summed E-state index contributed by atoms with van der Waals surface area (Å²) in [6.45, 7) is 0.417. The van der Waals surface area contributed by atoms with Gasteiger partial charge in [0.2, 0.25) is 0 Å². The lowest BCUT2D eigenvalue weighted by Gasteiger charge is -2.48. The van der Waals surface area contributed by atoms with Gasteiger partial charge in [0, 0.05) is 26.9 Å². The second-order valence-electron chi connectivity index (χ2n) is 5.36. The molecule has 2 saturated heterocycles. The molecule has 0 spiro atoms. The predicted molar refractivity (Wildman–Crippen MR) is 77.3 cm³/mol. The van der Waals surface area contributed by atoms with E-state index < -0.39 is 12.6 Å². The van der Waals surface area contributed by atoms with Gasteiger partial charge in [0.15, 0.2) is 12.6 Å². The summed E-state index contributed by atoms with van der Waals surface area (Å²) in [6.07, 6.45) is -2.10. The molecule has 0 saturated carbocycles. The number of rotatable bonds is 4. The second kappa shape index (κ2) is 7.04. The van der Waals surface area contributed by atoms with Crippen molar-refractivity contribution in [3.8, 4) is 0 Å². The fraction of sp³-hybridized carbons (Fsp3) is 0.625. The van der Waals surface area contributed by atoms with Crippen LogP contribution >= 0.6 is 0 Å². The van der Waals surface area contributed by atoms with Crippen LogP contribution in [-0.2, 0) is 28.4 Å². The normalized spacial score (nSPS) is 38.5. The Morgan fingerprint density at radius 1 is 0.909 bits per heavy atom. The van der Waals surface area contributed by atoms with E-state index in [2.05, 4.69) is 0 Å². The number of fused-ring (bicyclic) bond motifs is 1. The van der Waals surface area contributed by atoms with E-state index in [1.165, 1.54) is 0 Å². The van der Waals surface area contributed by atoms with E-state index in [9.17, 15) is 0 Å². The van der Waals surface area contributed by atoms with Gasteiger partial charge in [-0.15, -0.1) is 0 Å². The van der Waals surface area contributed by atoms with Gasteiger partial charge in [-0.1, -0.05) is 30.3 Å². The molecule has 0 aliphatic carbocycles. The Hall–Kier alpha value is -1.02. The standard InChI is InChI=1S/C16H22O6/c1-17-13-12-11(21-16(19-3)14(13)18-2)9-20-15(22-12)10-7-5-4-6-8-10/h4-8,11-16H,9H2,1-3H3/t11-,12-,13+,14+,15?,16-/m1/s1. The maximum atomic E-state index is 6.10. The van der Waals surface area contributed by atoms with Crippen LogP contribution < -0.4 is 0 Å². The quantitative estimate of drug-likeness (QED) is 0.840. The summed E-state index contributed by atoms with van der Waals surface area (Å²) >= 11 is 0. The number of methoxy groups -OCH3 is 3. The third-order valence-corrected chi connectivity index (χ3v) is 4.13. The van der Waals surface area contributed by atoms with Gasteiger partial charge in [0.25, 0.3) is 0 Å². The van der Waals surface area contributed by atoms with E-state index in [1.807, 2.05) is 30.3 Å². The molecule has 6 heteroatoms. The molecule has 0 radical (unpaired) electrons. The molecule has 0 N–H and O–H groups in total. The molecular weight excluding hydrogens is 288 g/mol. The fourth-order valence-electron chi connectivity index (χ4n) is 3.03. The SMILES string of the molecule is CO[C@@H]1O[C@@H]2COC(c3ccccc3)O[C@H]2[C@H](OC)[C@@H]1OC. The molecule has 1 aromatic carbocycles. The van der Waals surface area contributed by atoms with Crippen molar-refractivity contribution in [2.45, 2.75) is 37.0 Å². The largest absolute Gasteiger partial charge is 0.376 e. The van der Waals surface area contributed by atoms with Crippen LogP contribution in [0.5, 0.6) is 0 Å². The molecule has 122 valence electrons. The van der Waals surface area contributed by atoms with Crippen LogP contribution in [0.15, 0.2) is 30.3 Å². The summed E-state index contributed by atoms with van der Waals surface area (Å²) in [7, 11) is 4.84. The molecule has 0 bridgehead atoms. The highest BCUT2D eigenvalue weighted by Gasteiger charge is 2.50. The summed E-state index contributed by atoms with van der Waals surface area (Å²) in [5.74, 6) is 0. The summed E-state index contributed by atoms with van der Waals surface area (Å²) in [4.78, 5) is 0. The minimum Gasteiger partial charge on any atom is -0.376 e. The fourth-order valence-corrected chi connectivity index (χ4v) is 3.03. The first-order chi connectivity index (χ1) is 10.8. The van der Waals surface area contributed by atoms with Crippen molar-refractivity contribution in [1.82, 2.24) is 0 Å². The minimum absolute atomic E-state index is 0.249. The number of hydrogen-bond acceptors (Lipinski definition) is 6. The van der Waals surface area contributed by atoms with Crippen molar-refractivity contribution in [1.29, 1.82) is 0 Å². The molecule has 1 unspecified atom stereocenters. The van der Waals surface area contributed by atoms with Crippen molar-refractivity contribution in [2.75, 3.05) is 27.9 Å². The molecule has 1 aromatic rings. The average molecular weight is 310 g/mol. The Kier molecular flexibility index (Phi) is 5.07. The zero-order valence-corrected chi connectivity index (χ0v) is 13.0. The summed E-state index contributed by atoms with van der Waals surface area (Å²) in [6, 6.07) is 9.82. The first-order valence-corrected chi connectivity index (χ1v) is 7.34. The summed E-state index contributed by atoms with van der Waals surface area (Å²) in [5.41, 5.74) is 0.971. The molecule has 0 amide bonds. The number of ether oxygens (including phenoxy) is 6. The Balaban J connectivity index is 1.79. The van der Waals surface area contributed by atoms with Crippen LogP contribution in [0, 0.1) is 0 Å². The molecule has 2 heterocycles. The van der Waals surface area contributed by atoms with E-state index in [-0.39, 0.29) is 24.4 Å². The molecular formula is C16H22O6. The Bertz CT molecular complexity index is 467. The van der Waals surface area contributed by atoms with E-state index in [4.69, 9.17) is 28.4 Å². The molecule has 2 fully saturated rings. The topological polar surface area (TPSA) is 55.4 Å². The van der Waals surface area contributed by atoms with Crippen molar-refractivity contribution in [2.24, 2.45) is 0 Å². The van der Waals surface area contributed by atoms with Crippen LogP contribution in [0.4, 0.5) is 0 Å². The smallest absolute Gasteiger partial charge is 0.186 e. The maximum absolute atomic E-state index is 6.10. The zero-order valence-electron chi connectivity index (χ0n) is 13.0. The second-order valence-corrected chi connectivity index (χ2v) is 5.36. The molecule has 22 heavy (non-hydrogen) atoms. The molecule has 2 aliphatic heterocycles. The average Bonchev–Trinajstić information content (AvgIpc) is 2.60. The van der Waals surface area contributed by atoms with Gasteiger partial charge in [0.1, 0.15) is 24.4 Å². The van der Waals surface area contributed by atoms with Crippen LogP contribution in [0.1, 0.15) is 11.9 Å². The van der Waals surface area contributed by atoms with Gasteiger partial charge < -0.3 is 28.4 Å². The Labute approximate surface area is 130 Å². The molecule has 6 atom stereocenters. The first kappa shape index (κ1) is 15.9. The van der Waals surface area contributed by atoms with Crippen LogP contribution in [0.25, 0.3) is 0 Å². The lowest BCUT2D eigenvalue weighted by Crippen LogP contribution is -2.63. The van der Waals surface area contributed by atoms with Crippen molar-refractivity contribution in [3.63, 3.8) is 0 Å². The van der Waals surface area contributed by atoms with Gasteiger partial charge >= 0.3 is 0 Å². The van der Waals surface area contributed by atoms with Crippen molar-refractivity contribution < 1.29 is 28.4 Å². The van der Waals surface area contributed by atoms with E-state index in [0.29, 0.717) is 6.61 Å². The molecule has 3 rings (SSSR count). The van der Waals surface area contributed by atoms with Crippen LogP contribution in [0.3, 0.4) is 0 Å². The lowest BCUT2D eigenvalue weighted by atomic mass is 9.97. The van der Waals surface area contributed by atoms with Crippen LogP contribution in [-0.4, -0.2) is 58.6 Å². The van der Waals surface area contributed by atoms with Crippen LogP contribution in [0.2, 0.25) is 0 Å². The molecule has 2 aliphatic rings. The monoisotopic (exact) mass is 310 g/mol. The summed E-state index contributed by atoms with van der Waals surface area (Å²) < 4.78 is 34.2.